The number of rotatable bonds is 9. The zero-order valence-corrected chi connectivity index (χ0v) is 15.3. The predicted octanol–water partition coefficient (Wildman–Crippen LogP) is -1.98. The van der Waals surface area contributed by atoms with Gasteiger partial charge >= 0.3 is 5.97 Å². The van der Waals surface area contributed by atoms with Crippen LogP contribution in [0.4, 0.5) is 0 Å². The molecule has 1 aromatic rings. The number of thioether (sulfide) groups is 1. The predicted molar refractivity (Wildman–Crippen MR) is 96.2 cm³/mol. The third-order valence-electron chi connectivity index (χ3n) is 4.09. The molecule has 2 rings (SSSR count). The molecule has 0 spiro atoms. The Kier molecular flexibility index (Phi) is 7.19. The van der Waals surface area contributed by atoms with E-state index < -0.39 is 41.8 Å². The minimum Gasteiger partial charge on any atom is -0.481 e. The Morgan fingerprint density at radius 1 is 1.44 bits per heavy atom. The first-order valence-electron chi connectivity index (χ1n) is 8.22. The van der Waals surface area contributed by atoms with E-state index in [0.29, 0.717) is 11.4 Å². The molecule has 1 aliphatic heterocycles. The number of amides is 3. The number of hydrogen-bond acceptors (Lipinski definition) is 7. The summed E-state index contributed by atoms with van der Waals surface area (Å²) in [5.41, 5.74) is 11.7. The number of nitrogens with zero attached hydrogens (tertiary/aromatic N) is 2. The van der Waals surface area contributed by atoms with E-state index in [2.05, 4.69) is 15.3 Å². The molecule has 148 valence electrons. The van der Waals surface area contributed by atoms with Gasteiger partial charge in [0, 0.05) is 30.5 Å². The van der Waals surface area contributed by atoms with Gasteiger partial charge in [-0.05, 0) is 6.42 Å². The molecule has 1 saturated heterocycles. The highest BCUT2D eigenvalue weighted by atomic mass is 32.2. The normalized spacial score (nSPS) is 18.7. The number of aromatic nitrogens is 2. The van der Waals surface area contributed by atoms with Crippen LogP contribution in [-0.2, 0) is 25.6 Å². The second-order valence-corrected chi connectivity index (χ2v) is 7.11. The number of imidazole rings is 1. The maximum atomic E-state index is 12.9. The molecule has 1 fully saturated rings. The van der Waals surface area contributed by atoms with Gasteiger partial charge in [0.15, 0.2) is 0 Å². The van der Waals surface area contributed by atoms with Crippen LogP contribution in [0.2, 0.25) is 0 Å². The Bertz CT molecular complexity index is 697. The summed E-state index contributed by atoms with van der Waals surface area (Å²) in [7, 11) is 0. The molecule has 0 aromatic carbocycles. The van der Waals surface area contributed by atoms with Gasteiger partial charge in [0.05, 0.1) is 18.2 Å². The van der Waals surface area contributed by atoms with Crippen LogP contribution in [-0.4, -0.2) is 73.4 Å². The second kappa shape index (κ2) is 9.37. The van der Waals surface area contributed by atoms with Crippen molar-refractivity contribution in [2.45, 2.75) is 37.4 Å². The van der Waals surface area contributed by atoms with E-state index in [-0.39, 0.29) is 25.1 Å². The zero-order valence-electron chi connectivity index (χ0n) is 14.5. The Labute approximate surface area is 159 Å². The monoisotopic (exact) mass is 398 g/mol. The van der Waals surface area contributed by atoms with Gasteiger partial charge in [-0.2, -0.15) is 0 Å². The molecule has 1 aliphatic rings. The fraction of sp³-hybridized carbons (Fsp3) is 0.533. The van der Waals surface area contributed by atoms with E-state index in [1.807, 2.05) is 0 Å². The molecule has 0 bridgehead atoms. The molecule has 7 N–H and O–H groups in total. The summed E-state index contributed by atoms with van der Waals surface area (Å²) in [5.74, 6) is -2.11. The summed E-state index contributed by atoms with van der Waals surface area (Å²) < 4.78 is 0. The van der Waals surface area contributed by atoms with Crippen LogP contribution >= 0.6 is 11.8 Å². The number of carbonyl (C=O) groups excluding carboxylic acids is 3. The number of primary amides is 1. The summed E-state index contributed by atoms with van der Waals surface area (Å²) in [4.78, 5) is 55.5. The van der Waals surface area contributed by atoms with Gasteiger partial charge in [-0.1, -0.05) is 0 Å². The van der Waals surface area contributed by atoms with Crippen molar-refractivity contribution in [1.29, 1.82) is 0 Å². The van der Waals surface area contributed by atoms with Crippen molar-refractivity contribution in [2.24, 2.45) is 11.5 Å². The average Bonchev–Trinajstić information content (AvgIpc) is 3.29. The zero-order chi connectivity index (χ0) is 20.0. The number of carboxylic acids is 1. The van der Waals surface area contributed by atoms with Crippen LogP contribution in [0.5, 0.6) is 0 Å². The van der Waals surface area contributed by atoms with Crippen molar-refractivity contribution >= 4 is 35.5 Å². The van der Waals surface area contributed by atoms with Gasteiger partial charge in [0.25, 0.3) is 0 Å². The summed E-state index contributed by atoms with van der Waals surface area (Å²) in [6, 6.07) is -2.81. The Balaban J connectivity index is 2.11. The number of nitrogens with two attached hydrogens (primary N) is 2. The summed E-state index contributed by atoms with van der Waals surface area (Å²) in [6.45, 7) is 0. The topological polar surface area (TPSA) is 184 Å². The van der Waals surface area contributed by atoms with Crippen LogP contribution in [0.1, 0.15) is 18.5 Å². The Morgan fingerprint density at radius 3 is 2.78 bits per heavy atom. The van der Waals surface area contributed by atoms with Gasteiger partial charge in [0.2, 0.25) is 17.7 Å². The van der Waals surface area contributed by atoms with E-state index in [4.69, 9.17) is 16.6 Å². The number of hydrogen-bond donors (Lipinski definition) is 5. The summed E-state index contributed by atoms with van der Waals surface area (Å²) >= 11 is 1.39. The SMILES string of the molecule is NC(=O)[C@H]1CSCN1C(=O)[C@H](Cc1cnc[nH]1)NC(=O)[C@@H](N)CCC(=O)O. The number of H-pyrrole nitrogens is 1. The number of aliphatic carboxylic acids is 1. The molecule has 0 saturated carbocycles. The molecule has 0 radical (unpaired) electrons. The molecule has 3 amide bonds. The molecule has 0 unspecified atom stereocenters. The fourth-order valence-corrected chi connectivity index (χ4v) is 3.78. The van der Waals surface area contributed by atoms with Crippen molar-refractivity contribution < 1.29 is 24.3 Å². The number of carbonyl (C=O) groups is 4. The van der Waals surface area contributed by atoms with Crippen LogP contribution in [0.25, 0.3) is 0 Å². The third kappa shape index (κ3) is 5.69. The first-order valence-corrected chi connectivity index (χ1v) is 9.37. The lowest BCUT2D eigenvalue weighted by atomic mass is 10.1. The van der Waals surface area contributed by atoms with Crippen LogP contribution in [0, 0.1) is 0 Å². The molecule has 0 aliphatic carbocycles. The molecule has 12 heteroatoms. The van der Waals surface area contributed by atoms with Crippen molar-refractivity contribution in [3.8, 4) is 0 Å². The minimum absolute atomic E-state index is 0.0599. The maximum absolute atomic E-state index is 12.9. The standard InChI is InChI=1S/C15H22N6O5S/c16-9(1-2-12(22)23)14(25)20-10(3-8-4-18-6-19-8)15(26)21-7-27-5-11(21)13(17)24/h4,6,9-11H,1-3,5,7,16H2,(H2,17,24)(H,18,19)(H,20,25)(H,22,23)/t9-,10-,11+/m0/s1. The second-order valence-electron chi connectivity index (χ2n) is 6.11. The Hall–Kier alpha value is -2.60. The number of carboxylic acid groups (broad SMARTS) is 1. The smallest absolute Gasteiger partial charge is 0.303 e. The summed E-state index contributed by atoms with van der Waals surface area (Å²) in [6.07, 6.45) is 2.75. The molecular weight excluding hydrogens is 376 g/mol. The molecule has 11 nitrogen and oxygen atoms in total. The molecular formula is C15H22N6O5S. The van der Waals surface area contributed by atoms with Gasteiger partial charge in [-0.25, -0.2) is 4.98 Å². The van der Waals surface area contributed by atoms with Gasteiger partial charge in [0.1, 0.15) is 12.1 Å². The lowest BCUT2D eigenvalue weighted by molar-refractivity contribution is -0.140. The number of aromatic amines is 1. The molecule has 2 heterocycles. The van der Waals surface area contributed by atoms with E-state index in [9.17, 15) is 19.2 Å². The highest BCUT2D eigenvalue weighted by Gasteiger charge is 2.37. The molecule has 3 atom stereocenters. The van der Waals surface area contributed by atoms with Gasteiger partial charge in [-0.15, -0.1) is 11.8 Å². The first kappa shape index (κ1) is 20.7. The quantitative estimate of drug-likeness (QED) is 0.316. The highest BCUT2D eigenvalue weighted by molar-refractivity contribution is 7.99. The maximum Gasteiger partial charge on any atom is 0.303 e. The third-order valence-corrected chi connectivity index (χ3v) is 5.11. The largest absolute Gasteiger partial charge is 0.481 e. The van der Waals surface area contributed by atoms with Crippen molar-refractivity contribution in [3.63, 3.8) is 0 Å². The van der Waals surface area contributed by atoms with Crippen molar-refractivity contribution in [2.75, 3.05) is 11.6 Å². The van der Waals surface area contributed by atoms with Crippen molar-refractivity contribution in [3.05, 3.63) is 18.2 Å². The van der Waals surface area contributed by atoms with Gasteiger partial charge < -0.3 is 31.8 Å². The molecule has 1 aromatic heterocycles. The van der Waals surface area contributed by atoms with Crippen LogP contribution in [0.15, 0.2) is 12.5 Å². The van der Waals surface area contributed by atoms with E-state index >= 15 is 0 Å². The van der Waals surface area contributed by atoms with E-state index in [1.54, 1.807) is 0 Å². The fourth-order valence-electron chi connectivity index (χ4n) is 2.60. The lowest BCUT2D eigenvalue weighted by Gasteiger charge is -2.27. The Morgan fingerprint density at radius 2 is 2.19 bits per heavy atom. The first-order chi connectivity index (χ1) is 12.8. The van der Waals surface area contributed by atoms with Crippen LogP contribution < -0.4 is 16.8 Å². The van der Waals surface area contributed by atoms with Gasteiger partial charge in [-0.3, -0.25) is 19.2 Å². The van der Waals surface area contributed by atoms with E-state index in [1.165, 1.54) is 29.2 Å². The molecule has 27 heavy (non-hydrogen) atoms. The summed E-state index contributed by atoms with van der Waals surface area (Å²) in [5, 5.41) is 11.3. The van der Waals surface area contributed by atoms with Crippen molar-refractivity contribution in [1.82, 2.24) is 20.2 Å². The average molecular weight is 398 g/mol. The lowest BCUT2D eigenvalue weighted by Crippen LogP contribution is -2.56. The minimum atomic E-state index is -1.07. The van der Waals surface area contributed by atoms with Crippen LogP contribution in [0.3, 0.4) is 0 Å². The highest BCUT2D eigenvalue weighted by Crippen LogP contribution is 2.22. The van der Waals surface area contributed by atoms with E-state index in [0.717, 1.165) is 0 Å². The number of nitrogens with one attached hydrogen (secondary N) is 2.